The first kappa shape index (κ1) is 20.0. The zero-order valence-corrected chi connectivity index (χ0v) is 16.8. The Hall–Kier alpha value is -1.73. The van der Waals surface area contributed by atoms with E-state index in [4.69, 9.17) is 0 Å². The number of benzene rings is 2. The summed E-state index contributed by atoms with van der Waals surface area (Å²) in [6, 6.07) is 16.9. The molecule has 1 saturated heterocycles. The van der Waals surface area contributed by atoms with E-state index in [-0.39, 0.29) is 0 Å². The molecule has 0 unspecified atom stereocenters. The number of likely N-dealkylation sites (N-methyl/N-ethyl adjacent to an activating group) is 1. The highest BCUT2D eigenvalue weighted by atomic mass is 32.2. The van der Waals surface area contributed by atoms with Crippen LogP contribution < -0.4 is 0 Å². The minimum Gasteiger partial charge on any atom is -0.389 e. The van der Waals surface area contributed by atoms with Crippen molar-refractivity contribution in [2.24, 2.45) is 0 Å². The van der Waals surface area contributed by atoms with Gasteiger partial charge in [0.15, 0.2) is 0 Å². The van der Waals surface area contributed by atoms with Gasteiger partial charge in [-0.25, -0.2) is 8.42 Å². The molecule has 0 bridgehead atoms. The number of hydrogen-bond donors (Lipinski definition) is 1. The van der Waals surface area contributed by atoms with Gasteiger partial charge in [-0.2, -0.15) is 4.31 Å². The van der Waals surface area contributed by atoms with E-state index in [0.717, 1.165) is 11.1 Å². The van der Waals surface area contributed by atoms with Crippen LogP contribution in [0.4, 0.5) is 0 Å². The molecule has 0 spiro atoms. The molecule has 1 fully saturated rings. The van der Waals surface area contributed by atoms with Crippen LogP contribution in [0.3, 0.4) is 0 Å². The van der Waals surface area contributed by atoms with Crippen molar-refractivity contribution < 1.29 is 13.5 Å². The van der Waals surface area contributed by atoms with Crippen molar-refractivity contribution in [1.29, 1.82) is 0 Å². The van der Waals surface area contributed by atoms with E-state index in [1.54, 1.807) is 12.1 Å². The zero-order chi connectivity index (χ0) is 19.5. The molecule has 1 N–H and O–H groups in total. The summed E-state index contributed by atoms with van der Waals surface area (Å²) in [4.78, 5) is 2.26. The summed E-state index contributed by atoms with van der Waals surface area (Å²) >= 11 is 0. The zero-order valence-electron chi connectivity index (χ0n) is 16.0. The van der Waals surface area contributed by atoms with Gasteiger partial charge in [0.25, 0.3) is 0 Å². The van der Waals surface area contributed by atoms with Crippen LogP contribution in [0.15, 0.2) is 59.5 Å². The van der Waals surface area contributed by atoms with Crippen LogP contribution in [0.25, 0.3) is 11.1 Å². The Balaban J connectivity index is 1.76. The van der Waals surface area contributed by atoms with Crippen LogP contribution >= 0.6 is 0 Å². The molecule has 2 aromatic rings. The van der Waals surface area contributed by atoms with Gasteiger partial charge >= 0.3 is 0 Å². The van der Waals surface area contributed by atoms with E-state index in [2.05, 4.69) is 0 Å². The molecule has 0 aliphatic carbocycles. The Kier molecular flexibility index (Phi) is 6.01. The second-order valence-corrected chi connectivity index (χ2v) is 9.55. The molecule has 1 atom stereocenters. The first-order valence-corrected chi connectivity index (χ1v) is 10.8. The Bertz CT molecular complexity index is 851. The molecule has 0 amide bonds. The third-order valence-corrected chi connectivity index (χ3v) is 7.00. The van der Waals surface area contributed by atoms with Crippen LogP contribution in [0, 0.1) is 0 Å². The summed E-state index contributed by atoms with van der Waals surface area (Å²) < 4.78 is 27.6. The number of hydrogen-bond acceptors (Lipinski definition) is 4. The summed E-state index contributed by atoms with van der Waals surface area (Å²) in [6.45, 7) is 1.33. The lowest BCUT2D eigenvalue weighted by molar-refractivity contribution is 0.00405. The Morgan fingerprint density at radius 2 is 1.59 bits per heavy atom. The van der Waals surface area contributed by atoms with Crippen LogP contribution in [0.5, 0.6) is 0 Å². The summed E-state index contributed by atoms with van der Waals surface area (Å²) in [5, 5.41) is 10.8. The van der Waals surface area contributed by atoms with E-state index in [0.29, 0.717) is 43.8 Å². The van der Waals surface area contributed by atoms with Gasteiger partial charge in [0, 0.05) is 19.6 Å². The predicted molar refractivity (Wildman–Crippen MR) is 108 cm³/mol. The predicted octanol–water partition coefficient (Wildman–Crippen LogP) is 2.82. The lowest BCUT2D eigenvalue weighted by Gasteiger charge is -2.29. The summed E-state index contributed by atoms with van der Waals surface area (Å²) in [5.74, 6) is 0. The van der Waals surface area contributed by atoms with Gasteiger partial charge in [0.2, 0.25) is 10.0 Å². The minimum atomic E-state index is -3.55. The van der Waals surface area contributed by atoms with E-state index < -0.39 is 15.6 Å². The van der Waals surface area contributed by atoms with Gasteiger partial charge < -0.3 is 10.0 Å². The molecule has 27 heavy (non-hydrogen) atoms. The lowest BCUT2D eigenvalue weighted by atomic mass is 9.94. The van der Waals surface area contributed by atoms with Crippen LogP contribution in [0.2, 0.25) is 0 Å². The molecule has 6 heteroatoms. The number of sulfonamides is 1. The Morgan fingerprint density at radius 1 is 0.963 bits per heavy atom. The van der Waals surface area contributed by atoms with Crippen LogP contribution in [0.1, 0.15) is 19.3 Å². The molecule has 0 radical (unpaired) electrons. The molecule has 5 nitrogen and oxygen atoms in total. The smallest absolute Gasteiger partial charge is 0.243 e. The topological polar surface area (TPSA) is 60.9 Å². The maximum Gasteiger partial charge on any atom is 0.243 e. The largest absolute Gasteiger partial charge is 0.389 e. The Labute approximate surface area is 162 Å². The SMILES string of the molecule is CN(C)C[C@]1(O)CCCN(S(=O)(=O)c2ccc(-c3ccccc3)cc2)CC1. The molecule has 1 heterocycles. The van der Waals surface area contributed by atoms with Gasteiger partial charge in [0.05, 0.1) is 10.5 Å². The van der Waals surface area contributed by atoms with E-state index in [1.165, 1.54) is 4.31 Å². The highest BCUT2D eigenvalue weighted by Gasteiger charge is 2.34. The van der Waals surface area contributed by atoms with Crippen LogP contribution in [-0.2, 0) is 10.0 Å². The van der Waals surface area contributed by atoms with E-state index in [1.807, 2.05) is 61.5 Å². The maximum atomic E-state index is 13.1. The van der Waals surface area contributed by atoms with Crippen molar-refractivity contribution in [3.63, 3.8) is 0 Å². The first-order chi connectivity index (χ1) is 12.8. The molecule has 0 saturated carbocycles. The minimum absolute atomic E-state index is 0.306. The fourth-order valence-electron chi connectivity index (χ4n) is 3.74. The fourth-order valence-corrected chi connectivity index (χ4v) is 5.22. The van der Waals surface area contributed by atoms with Gasteiger partial charge in [0.1, 0.15) is 0 Å². The van der Waals surface area contributed by atoms with E-state index >= 15 is 0 Å². The standard InChI is InChI=1S/C21H28N2O3S/c1-22(2)17-21(24)13-6-15-23(16-14-21)27(25,26)20-11-9-19(10-12-20)18-7-4-3-5-8-18/h3-5,7-12,24H,6,13-17H2,1-2H3/t21-/m0/s1. The summed E-state index contributed by atoms with van der Waals surface area (Å²) in [7, 11) is 0.290. The number of aliphatic hydroxyl groups is 1. The van der Waals surface area contributed by atoms with Crippen molar-refractivity contribution in [3.8, 4) is 11.1 Å². The van der Waals surface area contributed by atoms with Crippen molar-refractivity contribution in [1.82, 2.24) is 9.21 Å². The number of nitrogens with zero attached hydrogens (tertiary/aromatic N) is 2. The second-order valence-electron chi connectivity index (χ2n) is 7.61. The summed E-state index contributed by atoms with van der Waals surface area (Å²) in [6.07, 6.45) is 1.72. The molecular formula is C21H28N2O3S. The lowest BCUT2D eigenvalue weighted by Crippen LogP contribution is -2.41. The quantitative estimate of drug-likeness (QED) is 0.856. The van der Waals surface area contributed by atoms with Gasteiger partial charge in [-0.05, 0) is 56.6 Å². The van der Waals surface area contributed by atoms with Crippen molar-refractivity contribution in [2.75, 3.05) is 33.7 Å². The monoisotopic (exact) mass is 388 g/mol. The van der Waals surface area contributed by atoms with Gasteiger partial charge in [-0.1, -0.05) is 42.5 Å². The average Bonchev–Trinajstić information content (AvgIpc) is 2.84. The summed E-state index contributed by atoms with van der Waals surface area (Å²) in [5.41, 5.74) is 1.22. The van der Waals surface area contributed by atoms with Crippen molar-refractivity contribution in [3.05, 3.63) is 54.6 Å². The van der Waals surface area contributed by atoms with Crippen molar-refractivity contribution >= 4 is 10.0 Å². The molecule has 3 rings (SSSR count). The van der Waals surface area contributed by atoms with Crippen molar-refractivity contribution in [2.45, 2.75) is 29.8 Å². The average molecular weight is 389 g/mol. The third kappa shape index (κ3) is 4.76. The van der Waals surface area contributed by atoms with Gasteiger partial charge in [-0.15, -0.1) is 0 Å². The maximum absolute atomic E-state index is 13.1. The Morgan fingerprint density at radius 3 is 2.22 bits per heavy atom. The first-order valence-electron chi connectivity index (χ1n) is 9.33. The fraction of sp³-hybridized carbons (Fsp3) is 0.429. The van der Waals surface area contributed by atoms with E-state index in [9.17, 15) is 13.5 Å². The normalized spacial score (nSPS) is 21.9. The van der Waals surface area contributed by atoms with Gasteiger partial charge in [-0.3, -0.25) is 0 Å². The molecule has 0 aromatic heterocycles. The molecular weight excluding hydrogens is 360 g/mol. The molecule has 146 valence electrons. The van der Waals surface area contributed by atoms with Crippen LogP contribution in [-0.4, -0.2) is 62.1 Å². The molecule has 1 aliphatic rings. The molecule has 1 aliphatic heterocycles. The number of rotatable bonds is 5. The molecule has 2 aromatic carbocycles. The second kappa shape index (κ2) is 8.10. The highest BCUT2D eigenvalue weighted by molar-refractivity contribution is 7.89. The highest BCUT2D eigenvalue weighted by Crippen LogP contribution is 2.28. The third-order valence-electron chi connectivity index (χ3n) is 5.09.